The van der Waals surface area contributed by atoms with Crippen molar-refractivity contribution in [2.75, 3.05) is 9.80 Å². The zero-order chi connectivity index (χ0) is 48.8. The molecule has 0 spiro atoms. The van der Waals surface area contributed by atoms with Crippen LogP contribution in [0, 0.1) is 17.9 Å². The minimum Gasteiger partial charge on any atom is -0.310 e. The third-order valence-corrected chi connectivity index (χ3v) is 17.0. The largest absolute Gasteiger partial charge is 0.310 e. The quantitative estimate of drug-likeness (QED) is 0.0656. The lowest BCUT2D eigenvalue weighted by molar-refractivity contribution is 1.28. The average Bonchev–Trinajstić information content (AvgIpc) is 3.39. The van der Waals surface area contributed by atoms with E-state index in [0.29, 0.717) is 11.3 Å². The molecule has 0 radical (unpaired) electrons. The van der Waals surface area contributed by atoms with E-state index in [1.54, 1.807) is 0 Å². The van der Waals surface area contributed by atoms with E-state index in [2.05, 4.69) is 242 Å². The highest BCUT2D eigenvalue weighted by molar-refractivity contribution is 6.89. The third kappa shape index (κ3) is 10.4. The van der Waals surface area contributed by atoms with Crippen molar-refractivity contribution >= 4 is 78.5 Å². The molecular weight excluding hydrogens is 881 g/mol. The van der Waals surface area contributed by atoms with Gasteiger partial charge in [0, 0.05) is 28.3 Å². The highest BCUT2D eigenvalue weighted by atomic mass is 28.3. The summed E-state index contributed by atoms with van der Waals surface area (Å²) in [6.07, 6.45) is 4.33. The molecule has 0 aliphatic rings. The SMILES string of the molecule is [C-]#[N+]c1ccc(N(c2ccc(-c3ccc(/C=C/c4ccc(N(c5ccc([Si](C)(C)C)cc5)c5ccc(C#N)cc5-c5ccccc5)cc4)cc3)cc2)c2ccc([Si](C)(C)C)cc2)c(-c2ccccc2)c1. The summed E-state index contributed by atoms with van der Waals surface area (Å²) < 4.78 is 0. The first-order chi connectivity index (χ1) is 33.9. The van der Waals surface area contributed by atoms with E-state index < -0.39 is 16.1 Å². The summed E-state index contributed by atoms with van der Waals surface area (Å²) in [6, 6.07) is 79.3. The Morgan fingerprint density at radius 2 is 0.786 bits per heavy atom. The second kappa shape index (κ2) is 20.1. The number of nitrogens with zero attached hydrogens (tertiary/aromatic N) is 4. The number of rotatable bonds is 13. The van der Waals surface area contributed by atoms with E-state index in [0.717, 1.165) is 78.6 Å². The van der Waals surface area contributed by atoms with E-state index >= 15 is 0 Å². The van der Waals surface area contributed by atoms with Gasteiger partial charge in [0.05, 0.1) is 45.7 Å². The third-order valence-electron chi connectivity index (χ3n) is 12.9. The first-order valence-electron chi connectivity index (χ1n) is 23.8. The Balaban J connectivity index is 0.982. The maximum atomic E-state index is 9.90. The predicted molar refractivity (Wildman–Crippen MR) is 304 cm³/mol. The molecule has 0 aromatic heterocycles. The summed E-state index contributed by atoms with van der Waals surface area (Å²) in [4.78, 5) is 8.41. The molecule has 0 bridgehead atoms. The first kappa shape index (κ1) is 46.8. The minimum atomic E-state index is -1.51. The molecular formula is C64H56N4Si2. The van der Waals surface area contributed by atoms with Gasteiger partial charge in [-0.15, -0.1) is 0 Å². The summed E-state index contributed by atoms with van der Waals surface area (Å²) in [7, 11) is -3.01. The first-order valence-corrected chi connectivity index (χ1v) is 30.8. The Hall–Kier alpha value is -8.27. The molecule has 9 aromatic rings. The molecule has 0 fully saturated rings. The fourth-order valence-electron chi connectivity index (χ4n) is 8.88. The summed E-state index contributed by atoms with van der Waals surface area (Å²) in [6.45, 7) is 22.0. The van der Waals surface area contributed by atoms with Crippen LogP contribution in [0.25, 0.3) is 50.4 Å². The molecule has 0 aliphatic carbocycles. The molecule has 0 atom stereocenters. The molecule has 9 rings (SSSR count). The minimum absolute atomic E-state index is 0.614. The topological polar surface area (TPSA) is 34.6 Å². The lowest BCUT2D eigenvalue weighted by Crippen LogP contribution is -2.37. The normalized spacial score (nSPS) is 11.5. The molecule has 6 heteroatoms. The van der Waals surface area contributed by atoms with Crippen molar-refractivity contribution in [3.05, 3.63) is 246 Å². The van der Waals surface area contributed by atoms with E-state index in [4.69, 9.17) is 6.57 Å². The van der Waals surface area contributed by atoms with E-state index in [1.807, 2.05) is 48.5 Å². The summed E-state index contributed by atoms with van der Waals surface area (Å²) in [5.74, 6) is 0. The average molecular weight is 937 g/mol. The van der Waals surface area contributed by atoms with Gasteiger partial charge in [-0.2, -0.15) is 5.26 Å². The van der Waals surface area contributed by atoms with Crippen LogP contribution in [0.5, 0.6) is 0 Å². The molecule has 4 nitrogen and oxygen atoms in total. The Morgan fingerprint density at radius 1 is 0.414 bits per heavy atom. The van der Waals surface area contributed by atoms with Crippen LogP contribution in [0.3, 0.4) is 0 Å². The fourth-order valence-corrected chi connectivity index (χ4v) is 11.2. The van der Waals surface area contributed by atoms with Gasteiger partial charge in [0.1, 0.15) is 0 Å². The van der Waals surface area contributed by atoms with Gasteiger partial charge < -0.3 is 9.80 Å². The highest BCUT2D eigenvalue weighted by Gasteiger charge is 2.23. The number of hydrogen-bond donors (Lipinski definition) is 0. The molecule has 0 aliphatic heterocycles. The van der Waals surface area contributed by atoms with Crippen molar-refractivity contribution in [1.82, 2.24) is 0 Å². The standard InChI is InChI=1S/C64H56N4Si2/c1-66-54-29-43-64(62(45-54)53-16-12-9-13-17-53)68(58-36-40-60(41-37-58)70(5,6)7)56-32-27-51(28-33-56)50-25-20-47(21-26-50)18-19-48-22-30-55(31-23-48)67(57-34-38-59(39-35-57)69(2,3)4)63-42-24-49(46-65)44-61(63)52-14-10-8-11-15-52/h8-45H,2-7H3/b19-18+. The Bertz CT molecular complexity index is 3360. The number of anilines is 6. The number of benzene rings is 9. The maximum absolute atomic E-state index is 9.90. The molecule has 0 unspecified atom stereocenters. The zero-order valence-electron chi connectivity index (χ0n) is 40.7. The summed E-state index contributed by atoms with van der Waals surface area (Å²) in [5, 5.41) is 12.7. The van der Waals surface area contributed by atoms with Crippen LogP contribution in [0.4, 0.5) is 39.8 Å². The van der Waals surface area contributed by atoms with Gasteiger partial charge in [-0.3, -0.25) is 0 Å². The van der Waals surface area contributed by atoms with Crippen molar-refractivity contribution in [2.45, 2.75) is 39.3 Å². The number of hydrogen-bond acceptors (Lipinski definition) is 3. The Morgan fingerprint density at radius 3 is 1.20 bits per heavy atom. The lowest BCUT2D eigenvalue weighted by Gasteiger charge is -2.29. The molecule has 0 heterocycles. The van der Waals surface area contributed by atoms with Crippen LogP contribution in [0.15, 0.2) is 218 Å². The molecule has 0 saturated heterocycles. The maximum Gasteiger partial charge on any atom is 0.188 e. The van der Waals surface area contributed by atoms with Crippen LogP contribution in [-0.2, 0) is 0 Å². The van der Waals surface area contributed by atoms with Crippen LogP contribution in [0.2, 0.25) is 39.3 Å². The lowest BCUT2D eigenvalue weighted by atomic mass is 9.99. The predicted octanol–water partition coefficient (Wildman–Crippen LogP) is 17.3. The molecule has 0 saturated carbocycles. The second-order valence-electron chi connectivity index (χ2n) is 19.7. The van der Waals surface area contributed by atoms with Crippen molar-refractivity contribution < 1.29 is 0 Å². The van der Waals surface area contributed by atoms with Gasteiger partial charge in [0.2, 0.25) is 0 Å². The zero-order valence-corrected chi connectivity index (χ0v) is 42.7. The van der Waals surface area contributed by atoms with Gasteiger partial charge in [-0.25, -0.2) is 4.85 Å². The van der Waals surface area contributed by atoms with Crippen molar-refractivity contribution in [1.29, 1.82) is 5.26 Å². The van der Waals surface area contributed by atoms with Crippen LogP contribution in [0.1, 0.15) is 16.7 Å². The summed E-state index contributed by atoms with van der Waals surface area (Å²) >= 11 is 0. The highest BCUT2D eigenvalue weighted by Crippen LogP contribution is 2.44. The van der Waals surface area contributed by atoms with Gasteiger partial charge in [0.15, 0.2) is 5.69 Å². The molecule has 340 valence electrons. The number of nitriles is 1. The molecule has 0 amide bonds. The second-order valence-corrected chi connectivity index (χ2v) is 29.9. The smallest absolute Gasteiger partial charge is 0.188 e. The van der Waals surface area contributed by atoms with Crippen LogP contribution in [-0.4, -0.2) is 16.1 Å². The van der Waals surface area contributed by atoms with Gasteiger partial charge in [-0.05, 0) is 118 Å². The van der Waals surface area contributed by atoms with E-state index in [9.17, 15) is 5.26 Å². The Kier molecular flexibility index (Phi) is 13.5. The van der Waals surface area contributed by atoms with Gasteiger partial charge in [-0.1, -0.05) is 201 Å². The van der Waals surface area contributed by atoms with Crippen molar-refractivity contribution in [2.24, 2.45) is 0 Å². The van der Waals surface area contributed by atoms with E-state index in [1.165, 1.54) is 10.4 Å². The van der Waals surface area contributed by atoms with Crippen molar-refractivity contribution in [3.8, 4) is 39.4 Å². The molecule has 70 heavy (non-hydrogen) atoms. The van der Waals surface area contributed by atoms with E-state index in [-0.39, 0.29) is 0 Å². The van der Waals surface area contributed by atoms with Crippen LogP contribution >= 0.6 is 0 Å². The van der Waals surface area contributed by atoms with Gasteiger partial charge in [0.25, 0.3) is 0 Å². The van der Waals surface area contributed by atoms with Crippen LogP contribution < -0.4 is 20.2 Å². The molecule has 0 N–H and O–H groups in total. The van der Waals surface area contributed by atoms with Gasteiger partial charge >= 0.3 is 0 Å². The fraction of sp³-hybridized carbons (Fsp3) is 0.0938. The molecule has 9 aromatic carbocycles. The Labute approximate surface area is 416 Å². The summed E-state index contributed by atoms with van der Waals surface area (Å²) in [5.41, 5.74) is 16.1. The van der Waals surface area contributed by atoms with Crippen molar-refractivity contribution in [3.63, 3.8) is 0 Å². The monoisotopic (exact) mass is 936 g/mol.